The highest BCUT2D eigenvalue weighted by Crippen LogP contribution is 2.13. The van der Waals surface area contributed by atoms with Gasteiger partial charge in [-0.15, -0.1) is 0 Å². The maximum Gasteiger partial charge on any atom is 0.322 e. The molecule has 18 heavy (non-hydrogen) atoms. The fourth-order valence-corrected chi connectivity index (χ4v) is 1.16. The molecule has 7 heteroatoms. The topological polar surface area (TPSA) is 92.2 Å². The summed E-state index contributed by atoms with van der Waals surface area (Å²) in [7, 11) is 1.50. The average molecular weight is 255 g/mol. The van der Waals surface area contributed by atoms with Gasteiger partial charge in [-0.2, -0.15) is 15.0 Å². The van der Waals surface area contributed by atoms with Gasteiger partial charge in [-0.1, -0.05) is 6.92 Å². The molecule has 0 spiro atoms. The summed E-state index contributed by atoms with van der Waals surface area (Å²) >= 11 is 0. The van der Waals surface area contributed by atoms with E-state index < -0.39 is 5.60 Å². The summed E-state index contributed by atoms with van der Waals surface area (Å²) in [6, 6.07) is 0.236. The molecule has 102 valence electrons. The molecule has 0 saturated heterocycles. The van der Waals surface area contributed by atoms with Gasteiger partial charge < -0.3 is 20.5 Å². The average Bonchev–Trinajstić information content (AvgIpc) is 2.37. The molecule has 1 aromatic heterocycles. The number of ether oxygens (including phenoxy) is 1. The minimum atomic E-state index is -0.793. The van der Waals surface area contributed by atoms with Crippen LogP contribution in [0.25, 0.3) is 0 Å². The van der Waals surface area contributed by atoms with E-state index in [1.807, 2.05) is 13.8 Å². The lowest BCUT2D eigenvalue weighted by Crippen LogP contribution is -2.33. The van der Waals surface area contributed by atoms with Gasteiger partial charge in [-0.25, -0.2) is 0 Å². The van der Waals surface area contributed by atoms with E-state index in [9.17, 15) is 5.11 Å². The van der Waals surface area contributed by atoms with Crippen LogP contribution in [0, 0.1) is 0 Å². The number of nitrogens with zero attached hydrogens (tertiary/aromatic N) is 3. The smallest absolute Gasteiger partial charge is 0.322 e. The number of aromatic nitrogens is 3. The third kappa shape index (κ3) is 4.33. The van der Waals surface area contributed by atoms with Crippen molar-refractivity contribution in [3.05, 3.63) is 0 Å². The van der Waals surface area contributed by atoms with E-state index in [1.54, 1.807) is 6.92 Å². The van der Waals surface area contributed by atoms with Crippen LogP contribution in [-0.4, -0.2) is 45.9 Å². The van der Waals surface area contributed by atoms with Crippen molar-refractivity contribution in [3.63, 3.8) is 0 Å². The SMILES string of the molecule is CCNc1nc(NCC(C)(O)CC)nc(OC)n1. The summed E-state index contributed by atoms with van der Waals surface area (Å²) in [5.41, 5.74) is -0.793. The van der Waals surface area contributed by atoms with Crippen molar-refractivity contribution < 1.29 is 9.84 Å². The Balaban J connectivity index is 2.78. The second kappa shape index (κ2) is 6.34. The predicted molar refractivity (Wildman–Crippen MR) is 69.9 cm³/mol. The van der Waals surface area contributed by atoms with Crippen LogP contribution in [0.5, 0.6) is 6.01 Å². The van der Waals surface area contributed by atoms with E-state index in [-0.39, 0.29) is 6.01 Å². The molecule has 1 unspecified atom stereocenters. The van der Waals surface area contributed by atoms with Crippen molar-refractivity contribution in [1.82, 2.24) is 15.0 Å². The maximum absolute atomic E-state index is 9.90. The number of anilines is 2. The Morgan fingerprint density at radius 1 is 1.17 bits per heavy atom. The first kappa shape index (κ1) is 14.4. The van der Waals surface area contributed by atoms with E-state index in [0.717, 1.165) is 0 Å². The van der Waals surface area contributed by atoms with Crippen LogP contribution in [0.2, 0.25) is 0 Å². The molecule has 0 fully saturated rings. The van der Waals surface area contributed by atoms with E-state index >= 15 is 0 Å². The van der Waals surface area contributed by atoms with Gasteiger partial charge in [-0.3, -0.25) is 0 Å². The van der Waals surface area contributed by atoms with E-state index in [0.29, 0.717) is 31.4 Å². The molecule has 3 N–H and O–H groups in total. The summed E-state index contributed by atoms with van der Waals surface area (Å²) in [5.74, 6) is 0.828. The normalized spacial score (nSPS) is 13.8. The fourth-order valence-electron chi connectivity index (χ4n) is 1.16. The van der Waals surface area contributed by atoms with Gasteiger partial charge in [0.1, 0.15) is 0 Å². The molecule has 0 aliphatic carbocycles. The van der Waals surface area contributed by atoms with Gasteiger partial charge in [0.2, 0.25) is 11.9 Å². The standard InChI is InChI=1S/C11H21N5O2/c1-5-11(3,17)7-13-9-14-8(12-6-2)15-10(16-9)18-4/h17H,5-7H2,1-4H3,(H2,12,13,14,15,16). The number of nitrogens with one attached hydrogen (secondary N) is 2. The largest absolute Gasteiger partial charge is 0.467 e. The van der Waals surface area contributed by atoms with Crippen LogP contribution in [0.1, 0.15) is 27.2 Å². The van der Waals surface area contributed by atoms with E-state index in [2.05, 4.69) is 25.6 Å². The maximum atomic E-state index is 9.90. The van der Waals surface area contributed by atoms with Crippen LogP contribution < -0.4 is 15.4 Å². The summed E-state index contributed by atoms with van der Waals surface area (Å²) < 4.78 is 5.00. The number of rotatable bonds is 7. The molecule has 0 saturated carbocycles. The Hall–Kier alpha value is -1.63. The van der Waals surface area contributed by atoms with Gasteiger partial charge in [0, 0.05) is 13.1 Å². The fraction of sp³-hybridized carbons (Fsp3) is 0.727. The second-order valence-corrected chi connectivity index (χ2v) is 4.20. The van der Waals surface area contributed by atoms with Crippen molar-refractivity contribution in [1.29, 1.82) is 0 Å². The van der Waals surface area contributed by atoms with Crippen molar-refractivity contribution >= 4 is 11.9 Å². The Morgan fingerprint density at radius 3 is 2.28 bits per heavy atom. The Morgan fingerprint density at radius 2 is 1.78 bits per heavy atom. The van der Waals surface area contributed by atoms with Crippen LogP contribution >= 0.6 is 0 Å². The highest BCUT2D eigenvalue weighted by molar-refractivity contribution is 5.36. The number of methoxy groups -OCH3 is 1. The first-order valence-electron chi connectivity index (χ1n) is 6.01. The Labute approximate surface area is 107 Å². The lowest BCUT2D eigenvalue weighted by atomic mass is 10.0. The van der Waals surface area contributed by atoms with Crippen LogP contribution in [0.3, 0.4) is 0 Å². The van der Waals surface area contributed by atoms with Crippen molar-refractivity contribution in [3.8, 4) is 6.01 Å². The van der Waals surface area contributed by atoms with Gasteiger partial charge in [0.25, 0.3) is 0 Å². The van der Waals surface area contributed by atoms with Crippen LogP contribution in [0.15, 0.2) is 0 Å². The molecule has 0 aliphatic rings. The zero-order valence-corrected chi connectivity index (χ0v) is 11.3. The highest BCUT2D eigenvalue weighted by atomic mass is 16.5. The highest BCUT2D eigenvalue weighted by Gasteiger charge is 2.18. The minimum absolute atomic E-state index is 0.236. The molecule has 1 aromatic rings. The summed E-state index contributed by atoms with van der Waals surface area (Å²) in [6.45, 7) is 6.69. The zero-order chi connectivity index (χ0) is 13.6. The molecule has 0 radical (unpaired) electrons. The molecule has 0 amide bonds. The molecule has 1 rings (SSSR count). The molecule has 7 nitrogen and oxygen atoms in total. The predicted octanol–water partition coefficient (Wildman–Crippen LogP) is 0.885. The summed E-state index contributed by atoms with van der Waals surface area (Å²) in [4.78, 5) is 12.3. The quantitative estimate of drug-likeness (QED) is 0.666. The van der Waals surface area contributed by atoms with E-state index in [4.69, 9.17) is 4.74 Å². The van der Waals surface area contributed by atoms with Crippen molar-refractivity contribution in [2.45, 2.75) is 32.8 Å². The van der Waals surface area contributed by atoms with E-state index in [1.165, 1.54) is 7.11 Å². The number of hydrogen-bond donors (Lipinski definition) is 3. The van der Waals surface area contributed by atoms with Crippen LogP contribution in [-0.2, 0) is 0 Å². The van der Waals surface area contributed by atoms with Gasteiger partial charge in [0.05, 0.1) is 12.7 Å². The third-order valence-electron chi connectivity index (χ3n) is 2.52. The zero-order valence-electron chi connectivity index (χ0n) is 11.3. The molecule has 0 bridgehead atoms. The third-order valence-corrected chi connectivity index (χ3v) is 2.52. The number of aliphatic hydroxyl groups is 1. The molecular weight excluding hydrogens is 234 g/mol. The number of hydrogen-bond acceptors (Lipinski definition) is 7. The lowest BCUT2D eigenvalue weighted by molar-refractivity contribution is 0.0695. The van der Waals surface area contributed by atoms with Gasteiger partial charge >= 0.3 is 6.01 Å². The molecule has 1 atom stereocenters. The Kier molecular flexibility index (Phi) is 5.08. The molecule has 0 aliphatic heterocycles. The first-order valence-corrected chi connectivity index (χ1v) is 6.01. The van der Waals surface area contributed by atoms with Crippen molar-refractivity contribution in [2.75, 3.05) is 30.8 Å². The Bertz CT molecular complexity index is 384. The molecule has 0 aromatic carbocycles. The minimum Gasteiger partial charge on any atom is -0.467 e. The summed E-state index contributed by atoms with van der Waals surface area (Å²) in [6.07, 6.45) is 0.641. The van der Waals surface area contributed by atoms with Gasteiger partial charge in [-0.05, 0) is 20.3 Å². The second-order valence-electron chi connectivity index (χ2n) is 4.20. The van der Waals surface area contributed by atoms with Crippen LogP contribution in [0.4, 0.5) is 11.9 Å². The molecule has 1 heterocycles. The lowest BCUT2D eigenvalue weighted by Gasteiger charge is -2.21. The summed E-state index contributed by atoms with van der Waals surface area (Å²) in [5, 5.41) is 15.9. The monoisotopic (exact) mass is 255 g/mol. The van der Waals surface area contributed by atoms with Crippen molar-refractivity contribution in [2.24, 2.45) is 0 Å². The molecular formula is C11H21N5O2. The van der Waals surface area contributed by atoms with Gasteiger partial charge in [0.15, 0.2) is 0 Å². The first-order chi connectivity index (χ1) is 8.50.